The summed E-state index contributed by atoms with van der Waals surface area (Å²) in [6, 6.07) is 8.39. The minimum atomic E-state index is -0.791. The maximum atomic E-state index is 13.1. The molecule has 1 N–H and O–H groups in total. The van der Waals surface area contributed by atoms with Crippen LogP contribution in [0.5, 0.6) is 11.5 Å². The van der Waals surface area contributed by atoms with E-state index >= 15 is 0 Å². The fourth-order valence-electron chi connectivity index (χ4n) is 2.81. The van der Waals surface area contributed by atoms with Crippen LogP contribution in [0.3, 0.4) is 0 Å². The zero-order valence-corrected chi connectivity index (χ0v) is 14.1. The van der Waals surface area contributed by atoms with Crippen molar-refractivity contribution in [1.82, 2.24) is 5.32 Å². The van der Waals surface area contributed by atoms with E-state index in [1.54, 1.807) is 0 Å². The van der Waals surface area contributed by atoms with Crippen LogP contribution in [0.2, 0.25) is 0 Å². The number of nitrogens with one attached hydrogen (secondary N) is 1. The summed E-state index contributed by atoms with van der Waals surface area (Å²) in [4.78, 5) is 11.9. The van der Waals surface area contributed by atoms with Gasteiger partial charge < -0.3 is 14.8 Å². The van der Waals surface area contributed by atoms with Crippen LogP contribution in [-0.2, 0) is 6.42 Å². The smallest absolute Gasteiger partial charge is 0.251 e. The Morgan fingerprint density at radius 3 is 2.68 bits per heavy atom. The van der Waals surface area contributed by atoms with E-state index in [0.29, 0.717) is 5.75 Å². The van der Waals surface area contributed by atoms with Crippen LogP contribution < -0.4 is 14.8 Å². The number of carbonyl (C=O) groups excluding carboxylic acids is 1. The number of carbonyl (C=O) groups is 1. The number of fused-ring (bicyclic) bond motifs is 1. The van der Waals surface area contributed by atoms with E-state index in [2.05, 4.69) is 5.32 Å². The summed E-state index contributed by atoms with van der Waals surface area (Å²) in [6.07, 6.45) is 0.807. The van der Waals surface area contributed by atoms with Crippen LogP contribution in [0.15, 0.2) is 36.4 Å². The van der Waals surface area contributed by atoms with E-state index in [-0.39, 0.29) is 24.3 Å². The van der Waals surface area contributed by atoms with Crippen molar-refractivity contribution in [2.75, 3.05) is 13.2 Å². The molecule has 4 nitrogen and oxygen atoms in total. The Labute approximate surface area is 144 Å². The third-order valence-corrected chi connectivity index (χ3v) is 3.82. The quantitative estimate of drug-likeness (QED) is 0.843. The van der Waals surface area contributed by atoms with Gasteiger partial charge in [0.2, 0.25) is 0 Å². The standard InChI is InChI=1S/C19H19F2NO3/c1-19(2)11-12-4-3-5-16(17(12)25-19)24-7-6-22-18(23)13-8-14(20)10-15(21)9-13/h3-5,8-10H,6-7,11H2,1-2H3,(H,22,23). The minimum absolute atomic E-state index is 0.0665. The Morgan fingerprint density at radius 1 is 1.24 bits per heavy atom. The lowest BCUT2D eigenvalue weighted by Crippen LogP contribution is -2.28. The highest BCUT2D eigenvalue weighted by atomic mass is 19.1. The Morgan fingerprint density at radius 2 is 1.96 bits per heavy atom. The zero-order valence-electron chi connectivity index (χ0n) is 14.1. The summed E-state index contributed by atoms with van der Waals surface area (Å²) < 4.78 is 37.9. The van der Waals surface area contributed by atoms with Crippen LogP contribution in [-0.4, -0.2) is 24.7 Å². The lowest BCUT2D eigenvalue weighted by molar-refractivity contribution is 0.0945. The molecule has 0 radical (unpaired) electrons. The SMILES string of the molecule is CC1(C)Cc2cccc(OCCNC(=O)c3cc(F)cc(F)c3)c2O1. The molecular weight excluding hydrogens is 328 g/mol. The Hall–Kier alpha value is -2.63. The monoisotopic (exact) mass is 347 g/mol. The van der Waals surface area contributed by atoms with Crippen molar-refractivity contribution in [1.29, 1.82) is 0 Å². The topological polar surface area (TPSA) is 47.6 Å². The van der Waals surface area contributed by atoms with Crippen molar-refractivity contribution < 1.29 is 23.0 Å². The zero-order chi connectivity index (χ0) is 18.0. The fourth-order valence-corrected chi connectivity index (χ4v) is 2.81. The lowest BCUT2D eigenvalue weighted by atomic mass is 10.0. The molecule has 0 bridgehead atoms. The molecule has 1 aliphatic rings. The molecule has 3 rings (SSSR count). The predicted molar refractivity (Wildman–Crippen MR) is 89.0 cm³/mol. The van der Waals surface area contributed by atoms with Gasteiger partial charge in [0.25, 0.3) is 5.91 Å². The molecule has 0 saturated carbocycles. The van der Waals surface area contributed by atoms with Gasteiger partial charge in [-0.05, 0) is 32.0 Å². The van der Waals surface area contributed by atoms with Crippen LogP contribution >= 0.6 is 0 Å². The highest BCUT2D eigenvalue weighted by molar-refractivity contribution is 5.94. The van der Waals surface area contributed by atoms with Gasteiger partial charge in [0, 0.05) is 23.6 Å². The first-order valence-electron chi connectivity index (χ1n) is 8.02. The maximum Gasteiger partial charge on any atom is 0.251 e. The van der Waals surface area contributed by atoms with Gasteiger partial charge in [-0.25, -0.2) is 8.78 Å². The molecule has 0 atom stereocenters. The van der Waals surface area contributed by atoms with Crippen molar-refractivity contribution in [3.8, 4) is 11.5 Å². The van der Waals surface area contributed by atoms with Gasteiger partial charge in [0.15, 0.2) is 11.5 Å². The maximum absolute atomic E-state index is 13.1. The molecular formula is C19H19F2NO3. The van der Waals surface area contributed by atoms with E-state index in [0.717, 1.165) is 35.9 Å². The van der Waals surface area contributed by atoms with E-state index in [1.165, 1.54) is 0 Å². The predicted octanol–water partition coefficient (Wildman–Crippen LogP) is 3.49. The fraction of sp³-hybridized carbons (Fsp3) is 0.316. The average molecular weight is 347 g/mol. The third kappa shape index (κ3) is 4.07. The van der Waals surface area contributed by atoms with Gasteiger partial charge in [-0.1, -0.05) is 12.1 Å². The number of benzene rings is 2. The molecule has 0 fully saturated rings. The van der Waals surface area contributed by atoms with Crippen molar-refractivity contribution in [2.45, 2.75) is 25.9 Å². The number of para-hydroxylation sites is 1. The Kier molecular flexibility index (Phi) is 4.61. The Balaban J connectivity index is 1.55. The summed E-state index contributed by atoms with van der Waals surface area (Å²) in [5.74, 6) is -0.792. The van der Waals surface area contributed by atoms with Crippen LogP contribution in [0.25, 0.3) is 0 Å². The van der Waals surface area contributed by atoms with Crippen molar-refractivity contribution in [3.05, 3.63) is 59.2 Å². The van der Waals surface area contributed by atoms with Gasteiger partial charge in [-0.2, -0.15) is 0 Å². The average Bonchev–Trinajstić information content (AvgIpc) is 2.85. The second-order valence-electron chi connectivity index (χ2n) is 6.55. The van der Waals surface area contributed by atoms with Gasteiger partial charge in [0.05, 0.1) is 6.54 Å². The summed E-state index contributed by atoms with van der Waals surface area (Å²) in [5.41, 5.74) is 0.752. The number of ether oxygens (including phenoxy) is 2. The number of hydrogen-bond acceptors (Lipinski definition) is 3. The molecule has 0 aliphatic carbocycles. The van der Waals surface area contributed by atoms with Gasteiger partial charge in [0.1, 0.15) is 23.8 Å². The normalized spacial score (nSPS) is 14.6. The van der Waals surface area contributed by atoms with Crippen molar-refractivity contribution >= 4 is 5.91 Å². The summed E-state index contributed by atoms with van der Waals surface area (Å²) in [7, 11) is 0. The van der Waals surface area contributed by atoms with Gasteiger partial charge in [-0.3, -0.25) is 4.79 Å². The van der Waals surface area contributed by atoms with Crippen LogP contribution in [0.4, 0.5) is 8.78 Å². The third-order valence-electron chi connectivity index (χ3n) is 3.82. The summed E-state index contributed by atoms with van der Waals surface area (Å²) in [6.45, 7) is 4.43. The summed E-state index contributed by atoms with van der Waals surface area (Å²) in [5, 5.41) is 2.57. The lowest BCUT2D eigenvalue weighted by Gasteiger charge is -2.18. The summed E-state index contributed by atoms with van der Waals surface area (Å²) >= 11 is 0. The number of hydrogen-bond donors (Lipinski definition) is 1. The molecule has 1 aliphatic heterocycles. The highest BCUT2D eigenvalue weighted by Gasteiger charge is 2.32. The Bertz CT molecular complexity index is 785. The molecule has 25 heavy (non-hydrogen) atoms. The molecule has 6 heteroatoms. The first-order chi connectivity index (χ1) is 11.8. The van der Waals surface area contributed by atoms with E-state index < -0.39 is 17.5 Å². The highest BCUT2D eigenvalue weighted by Crippen LogP contribution is 2.41. The molecule has 132 valence electrons. The molecule has 1 amide bonds. The molecule has 0 aromatic heterocycles. The first-order valence-corrected chi connectivity index (χ1v) is 8.02. The molecule has 0 unspecified atom stereocenters. The number of amides is 1. The molecule has 2 aromatic rings. The minimum Gasteiger partial charge on any atom is -0.488 e. The van der Waals surface area contributed by atoms with Crippen molar-refractivity contribution in [3.63, 3.8) is 0 Å². The number of rotatable bonds is 5. The second-order valence-corrected chi connectivity index (χ2v) is 6.55. The molecule has 1 heterocycles. The van der Waals surface area contributed by atoms with Gasteiger partial charge >= 0.3 is 0 Å². The van der Waals surface area contributed by atoms with E-state index in [4.69, 9.17) is 9.47 Å². The second kappa shape index (κ2) is 6.70. The number of halogens is 2. The van der Waals surface area contributed by atoms with Crippen LogP contribution in [0.1, 0.15) is 29.8 Å². The van der Waals surface area contributed by atoms with Crippen LogP contribution in [0, 0.1) is 11.6 Å². The largest absolute Gasteiger partial charge is 0.488 e. The molecule has 0 saturated heterocycles. The van der Waals surface area contributed by atoms with Crippen molar-refractivity contribution in [2.24, 2.45) is 0 Å². The van der Waals surface area contributed by atoms with E-state index in [9.17, 15) is 13.6 Å². The van der Waals surface area contributed by atoms with Gasteiger partial charge in [-0.15, -0.1) is 0 Å². The molecule has 0 spiro atoms. The van der Waals surface area contributed by atoms with E-state index in [1.807, 2.05) is 32.0 Å². The first kappa shape index (κ1) is 17.2. The molecule has 2 aromatic carbocycles.